The van der Waals surface area contributed by atoms with Gasteiger partial charge in [0.2, 0.25) is 0 Å². The Hall–Kier alpha value is -3.62. The number of carbonyl (C=O) groups excluding carboxylic acids is 2. The van der Waals surface area contributed by atoms with Gasteiger partial charge in [0, 0.05) is 38.3 Å². The fraction of sp³-hybridized carbons (Fsp3) is 0.300. The van der Waals surface area contributed by atoms with Crippen LogP contribution < -0.4 is 4.74 Å². The van der Waals surface area contributed by atoms with E-state index in [4.69, 9.17) is 9.47 Å². The Morgan fingerprint density at radius 2 is 1.69 bits per heavy atom. The molecule has 1 aliphatic heterocycles. The van der Waals surface area contributed by atoms with Crippen LogP contribution in [-0.2, 0) is 4.74 Å². The van der Waals surface area contributed by atoms with E-state index in [1.807, 2.05) is 6.07 Å². The van der Waals surface area contributed by atoms with Crippen molar-refractivity contribution >= 4 is 17.7 Å². The molecule has 1 heterocycles. The van der Waals surface area contributed by atoms with Crippen molar-refractivity contribution in [2.75, 3.05) is 32.8 Å². The molecule has 0 aromatic heterocycles. The number of hydrogen-bond donors (Lipinski definition) is 0. The summed E-state index contributed by atoms with van der Waals surface area (Å²) < 4.78 is 10.8. The topological polar surface area (TPSA) is 102 Å². The van der Waals surface area contributed by atoms with E-state index in [2.05, 4.69) is 0 Å². The fourth-order valence-corrected chi connectivity index (χ4v) is 2.98. The van der Waals surface area contributed by atoms with Crippen LogP contribution in [0.5, 0.6) is 11.5 Å². The number of amides is 2. The van der Waals surface area contributed by atoms with Gasteiger partial charge in [-0.1, -0.05) is 18.2 Å². The molecule has 2 amide bonds. The molecule has 152 valence electrons. The first-order valence-corrected chi connectivity index (χ1v) is 9.22. The van der Waals surface area contributed by atoms with Crippen LogP contribution in [0, 0.1) is 10.1 Å². The van der Waals surface area contributed by atoms with Gasteiger partial charge in [0.25, 0.3) is 11.6 Å². The lowest BCUT2D eigenvalue weighted by molar-refractivity contribution is -0.384. The molecule has 0 bridgehead atoms. The normalized spacial score (nSPS) is 13.7. The summed E-state index contributed by atoms with van der Waals surface area (Å²) in [5.74, 6) is 0.366. The zero-order chi connectivity index (χ0) is 20.8. The molecule has 0 N–H and O–H groups in total. The standard InChI is InChI=1S/C20H21N3O6/c1-2-28-20(25)22-12-10-21(11-13-22)19(24)17-14-15(23(26)27)8-9-18(17)29-16-6-4-3-5-7-16/h3-9,14H,2,10-13H2,1H3. The maximum atomic E-state index is 13.1. The molecule has 1 fully saturated rings. The minimum absolute atomic E-state index is 0.104. The third-order valence-electron chi connectivity index (χ3n) is 4.47. The van der Waals surface area contributed by atoms with Gasteiger partial charge in [0.15, 0.2) is 0 Å². The Labute approximate surface area is 167 Å². The van der Waals surface area contributed by atoms with Crippen LogP contribution in [0.15, 0.2) is 48.5 Å². The second-order valence-electron chi connectivity index (χ2n) is 6.33. The first kappa shape index (κ1) is 20.1. The number of carbonyl (C=O) groups is 2. The maximum absolute atomic E-state index is 13.1. The summed E-state index contributed by atoms with van der Waals surface area (Å²) >= 11 is 0. The lowest BCUT2D eigenvalue weighted by Gasteiger charge is -2.34. The predicted molar refractivity (Wildman–Crippen MR) is 104 cm³/mol. The Bertz CT molecular complexity index is 894. The smallest absolute Gasteiger partial charge is 0.409 e. The zero-order valence-electron chi connectivity index (χ0n) is 15.9. The molecule has 1 aliphatic rings. The molecule has 0 aliphatic carbocycles. The molecule has 0 spiro atoms. The van der Waals surface area contributed by atoms with Gasteiger partial charge in [-0.25, -0.2) is 4.79 Å². The van der Waals surface area contributed by atoms with Crippen LogP contribution in [-0.4, -0.2) is 59.5 Å². The molecule has 0 atom stereocenters. The van der Waals surface area contributed by atoms with Crippen molar-refractivity contribution in [2.45, 2.75) is 6.92 Å². The van der Waals surface area contributed by atoms with Crippen molar-refractivity contribution < 1.29 is 24.0 Å². The van der Waals surface area contributed by atoms with Gasteiger partial charge in [-0.2, -0.15) is 0 Å². The van der Waals surface area contributed by atoms with E-state index in [0.717, 1.165) is 0 Å². The van der Waals surface area contributed by atoms with Crippen molar-refractivity contribution in [3.05, 3.63) is 64.2 Å². The largest absolute Gasteiger partial charge is 0.457 e. The fourth-order valence-electron chi connectivity index (χ4n) is 2.98. The molecule has 1 saturated heterocycles. The molecular formula is C20H21N3O6. The molecule has 9 heteroatoms. The molecule has 29 heavy (non-hydrogen) atoms. The summed E-state index contributed by atoms with van der Waals surface area (Å²) in [6.07, 6.45) is -0.414. The molecule has 3 rings (SSSR count). The van der Waals surface area contributed by atoms with Gasteiger partial charge in [0.05, 0.1) is 17.1 Å². The second-order valence-corrected chi connectivity index (χ2v) is 6.33. The highest BCUT2D eigenvalue weighted by Gasteiger charge is 2.28. The molecular weight excluding hydrogens is 378 g/mol. The first-order valence-electron chi connectivity index (χ1n) is 9.22. The van der Waals surface area contributed by atoms with Crippen molar-refractivity contribution in [3.8, 4) is 11.5 Å². The van der Waals surface area contributed by atoms with E-state index in [0.29, 0.717) is 31.9 Å². The van der Waals surface area contributed by atoms with Crippen LogP contribution >= 0.6 is 0 Å². The second kappa shape index (κ2) is 9.05. The van der Waals surface area contributed by atoms with Gasteiger partial charge in [-0.15, -0.1) is 0 Å². The van der Waals surface area contributed by atoms with E-state index in [1.165, 1.54) is 23.1 Å². The van der Waals surface area contributed by atoms with Gasteiger partial charge in [0.1, 0.15) is 11.5 Å². The predicted octanol–water partition coefficient (Wildman–Crippen LogP) is 3.30. The summed E-state index contributed by atoms with van der Waals surface area (Å²) in [6.45, 7) is 3.26. The van der Waals surface area contributed by atoms with E-state index in [1.54, 1.807) is 36.1 Å². The van der Waals surface area contributed by atoms with E-state index >= 15 is 0 Å². The summed E-state index contributed by atoms with van der Waals surface area (Å²) in [5.41, 5.74) is -0.0911. The van der Waals surface area contributed by atoms with Crippen LogP contribution in [0.2, 0.25) is 0 Å². The highest BCUT2D eigenvalue weighted by atomic mass is 16.6. The number of hydrogen-bond acceptors (Lipinski definition) is 6. The number of nitrogens with zero attached hydrogens (tertiary/aromatic N) is 3. The summed E-state index contributed by atoms with van der Waals surface area (Å²) in [4.78, 5) is 38.6. The van der Waals surface area contributed by atoms with Crippen molar-refractivity contribution in [1.82, 2.24) is 9.80 Å². The Kier molecular flexibility index (Phi) is 6.28. The highest BCUT2D eigenvalue weighted by molar-refractivity contribution is 5.98. The lowest BCUT2D eigenvalue weighted by atomic mass is 10.1. The Balaban J connectivity index is 1.80. The monoisotopic (exact) mass is 399 g/mol. The zero-order valence-corrected chi connectivity index (χ0v) is 15.9. The SMILES string of the molecule is CCOC(=O)N1CCN(C(=O)c2cc([N+](=O)[O-])ccc2Oc2ccccc2)CC1. The van der Waals surface area contributed by atoms with Crippen LogP contribution in [0.25, 0.3) is 0 Å². The Morgan fingerprint density at radius 3 is 2.31 bits per heavy atom. The number of ether oxygens (including phenoxy) is 2. The minimum Gasteiger partial charge on any atom is -0.457 e. The van der Waals surface area contributed by atoms with E-state index < -0.39 is 11.0 Å². The van der Waals surface area contributed by atoms with Crippen molar-refractivity contribution in [1.29, 1.82) is 0 Å². The molecule has 2 aromatic carbocycles. The average Bonchev–Trinajstić information content (AvgIpc) is 2.74. The Morgan fingerprint density at radius 1 is 1.03 bits per heavy atom. The van der Waals surface area contributed by atoms with Gasteiger partial charge < -0.3 is 19.3 Å². The lowest BCUT2D eigenvalue weighted by Crippen LogP contribution is -2.50. The van der Waals surface area contributed by atoms with Crippen molar-refractivity contribution in [2.24, 2.45) is 0 Å². The molecule has 0 saturated carbocycles. The number of rotatable bonds is 5. The molecule has 0 unspecified atom stereocenters. The van der Waals surface area contributed by atoms with Crippen LogP contribution in [0.4, 0.5) is 10.5 Å². The molecule has 9 nitrogen and oxygen atoms in total. The minimum atomic E-state index is -0.554. The molecule has 2 aromatic rings. The summed E-state index contributed by atoms with van der Waals surface area (Å²) in [5, 5.41) is 11.2. The number of nitro groups is 1. The number of para-hydroxylation sites is 1. The highest BCUT2D eigenvalue weighted by Crippen LogP contribution is 2.30. The quantitative estimate of drug-likeness (QED) is 0.565. The average molecular weight is 399 g/mol. The number of nitro benzene ring substituents is 1. The van der Waals surface area contributed by atoms with Gasteiger partial charge in [-0.3, -0.25) is 14.9 Å². The maximum Gasteiger partial charge on any atom is 0.409 e. The summed E-state index contributed by atoms with van der Waals surface area (Å²) in [7, 11) is 0. The number of non-ortho nitro benzene ring substituents is 1. The number of benzene rings is 2. The van der Waals surface area contributed by atoms with Crippen LogP contribution in [0.1, 0.15) is 17.3 Å². The van der Waals surface area contributed by atoms with E-state index in [9.17, 15) is 19.7 Å². The van der Waals surface area contributed by atoms with Crippen molar-refractivity contribution in [3.63, 3.8) is 0 Å². The number of piperazine rings is 1. The van der Waals surface area contributed by atoms with Gasteiger partial charge in [-0.05, 0) is 25.1 Å². The van der Waals surface area contributed by atoms with Gasteiger partial charge >= 0.3 is 6.09 Å². The third-order valence-corrected chi connectivity index (χ3v) is 4.47. The molecule has 0 radical (unpaired) electrons. The third kappa shape index (κ3) is 4.81. The van der Waals surface area contributed by atoms with Crippen LogP contribution in [0.3, 0.4) is 0 Å². The van der Waals surface area contributed by atoms with E-state index in [-0.39, 0.29) is 29.5 Å². The first-order chi connectivity index (χ1) is 14.0. The summed E-state index contributed by atoms with van der Waals surface area (Å²) in [6, 6.07) is 12.8.